The van der Waals surface area contributed by atoms with Gasteiger partial charge in [0, 0.05) is 0 Å². The Hall–Kier alpha value is -3.53. The molecule has 24 heavy (non-hydrogen) atoms. The van der Waals surface area contributed by atoms with Crippen LogP contribution >= 0.6 is 0 Å². The molecule has 122 valence electrons. The van der Waals surface area contributed by atoms with Gasteiger partial charge in [-0.1, -0.05) is 0 Å². The van der Waals surface area contributed by atoms with E-state index in [4.69, 9.17) is 10.00 Å². The SMILES string of the molecule is CC(Oc1ccc(C#N)cc1)C(=O)N/N=C/c1ccc(O)c(O)c1. The van der Waals surface area contributed by atoms with Crippen molar-refractivity contribution in [3.63, 3.8) is 0 Å². The van der Waals surface area contributed by atoms with Gasteiger partial charge >= 0.3 is 0 Å². The fourth-order valence-corrected chi connectivity index (χ4v) is 1.75. The summed E-state index contributed by atoms with van der Waals surface area (Å²) in [6.07, 6.45) is 0.536. The Kier molecular flexibility index (Phi) is 5.36. The highest BCUT2D eigenvalue weighted by molar-refractivity contribution is 5.84. The fourth-order valence-electron chi connectivity index (χ4n) is 1.75. The fraction of sp³-hybridized carbons (Fsp3) is 0.118. The van der Waals surface area contributed by atoms with E-state index < -0.39 is 12.0 Å². The lowest BCUT2D eigenvalue weighted by Crippen LogP contribution is -2.33. The second-order valence-electron chi connectivity index (χ2n) is 4.88. The molecule has 0 saturated heterocycles. The molecule has 0 aliphatic heterocycles. The lowest BCUT2D eigenvalue weighted by molar-refractivity contribution is -0.127. The smallest absolute Gasteiger partial charge is 0.280 e. The molecule has 0 aromatic heterocycles. The summed E-state index contributed by atoms with van der Waals surface area (Å²) in [5, 5.41) is 31.0. The van der Waals surface area contributed by atoms with Crippen molar-refractivity contribution in [1.29, 1.82) is 5.26 Å². The van der Waals surface area contributed by atoms with E-state index in [1.165, 1.54) is 24.4 Å². The number of carbonyl (C=O) groups excluding carboxylic acids is 1. The number of nitrogens with one attached hydrogen (secondary N) is 1. The van der Waals surface area contributed by atoms with Crippen LogP contribution in [0.25, 0.3) is 0 Å². The number of rotatable bonds is 5. The van der Waals surface area contributed by atoms with Gasteiger partial charge in [0.05, 0.1) is 17.8 Å². The maximum atomic E-state index is 11.9. The monoisotopic (exact) mass is 325 g/mol. The number of nitriles is 1. The second-order valence-corrected chi connectivity index (χ2v) is 4.88. The van der Waals surface area contributed by atoms with Crippen molar-refractivity contribution >= 4 is 12.1 Å². The van der Waals surface area contributed by atoms with Crippen LogP contribution in [-0.4, -0.2) is 28.4 Å². The van der Waals surface area contributed by atoms with Crippen LogP contribution in [0.15, 0.2) is 47.6 Å². The highest BCUT2D eigenvalue weighted by Gasteiger charge is 2.13. The van der Waals surface area contributed by atoms with Crippen LogP contribution in [0.5, 0.6) is 17.2 Å². The topological polar surface area (TPSA) is 115 Å². The molecular weight excluding hydrogens is 310 g/mol. The third kappa shape index (κ3) is 4.48. The first kappa shape index (κ1) is 16.8. The number of hydrogen-bond acceptors (Lipinski definition) is 6. The number of phenolic OH excluding ortho intramolecular Hbond substituents is 2. The Morgan fingerprint density at radius 1 is 1.25 bits per heavy atom. The van der Waals surface area contributed by atoms with Gasteiger partial charge in [0.15, 0.2) is 17.6 Å². The summed E-state index contributed by atoms with van der Waals surface area (Å²) in [5.41, 5.74) is 3.32. The van der Waals surface area contributed by atoms with Gasteiger partial charge in [-0.3, -0.25) is 4.79 Å². The number of ether oxygens (including phenoxy) is 1. The predicted octanol–water partition coefficient (Wildman–Crippen LogP) is 1.89. The van der Waals surface area contributed by atoms with Crippen molar-refractivity contribution in [3.8, 4) is 23.3 Å². The van der Waals surface area contributed by atoms with Crippen molar-refractivity contribution in [2.24, 2.45) is 5.10 Å². The Morgan fingerprint density at radius 2 is 1.96 bits per heavy atom. The zero-order valence-electron chi connectivity index (χ0n) is 12.8. The molecule has 0 heterocycles. The molecule has 3 N–H and O–H groups in total. The Morgan fingerprint density at radius 3 is 2.58 bits per heavy atom. The molecule has 0 radical (unpaired) electrons. The lowest BCUT2D eigenvalue weighted by Gasteiger charge is -2.12. The highest BCUT2D eigenvalue weighted by Crippen LogP contribution is 2.23. The van der Waals surface area contributed by atoms with E-state index in [0.717, 1.165) is 0 Å². The number of nitrogens with zero attached hydrogens (tertiary/aromatic N) is 2. The van der Waals surface area contributed by atoms with Crippen LogP contribution in [0.2, 0.25) is 0 Å². The largest absolute Gasteiger partial charge is 0.504 e. The molecule has 1 atom stereocenters. The quantitative estimate of drug-likeness (QED) is 0.441. The van der Waals surface area contributed by atoms with Crippen molar-refractivity contribution in [1.82, 2.24) is 5.43 Å². The summed E-state index contributed by atoms with van der Waals surface area (Å²) in [6.45, 7) is 1.56. The molecule has 0 bridgehead atoms. The van der Waals surface area contributed by atoms with Crippen molar-refractivity contribution < 1.29 is 19.7 Å². The van der Waals surface area contributed by atoms with Crippen molar-refractivity contribution in [2.45, 2.75) is 13.0 Å². The molecule has 1 amide bonds. The first-order chi connectivity index (χ1) is 11.5. The maximum Gasteiger partial charge on any atom is 0.280 e. The molecule has 0 fully saturated rings. The molecule has 0 aliphatic carbocycles. The number of benzene rings is 2. The van der Waals surface area contributed by atoms with Crippen LogP contribution in [-0.2, 0) is 4.79 Å². The summed E-state index contributed by atoms with van der Waals surface area (Å²) >= 11 is 0. The van der Waals surface area contributed by atoms with Crippen LogP contribution < -0.4 is 10.2 Å². The average molecular weight is 325 g/mol. The summed E-state index contributed by atoms with van der Waals surface area (Å²) in [7, 11) is 0. The number of phenols is 2. The molecule has 2 aromatic rings. The van der Waals surface area contributed by atoms with Gasteiger partial charge in [-0.05, 0) is 55.0 Å². The van der Waals surface area contributed by atoms with Gasteiger partial charge in [-0.15, -0.1) is 0 Å². The van der Waals surface area contributed by atoms with Gasteiger partial charge in [0.25, 0.3) is 5.91 Å². The van der Waals surface area contributed by atoms with Gasteiger partial charge in [-0.25, -0.2) is 5.43 Å². The average Bonchev–Trinajstić information content (AvgIpc) is 2.58. The minimum atomic E-state index is -0.789. The summed E-state index contributed by atoms with van der Waals surface area (Å²) in [5.74, 6) is -0.508. The van der Waals surface area contributed by atoms with Crippen LogP contribution in [0.3, 0.4) is 0 Å². The van der Waals surface area contributed by atoms with E-state index >= 15 is 0 Å². The van der Waals surface area contributed by atoms with Gasteiger partial charge in [0.1, 0.15) is 5.75 Å². The first-order valence-electron chi connectivity index (χ1n) is 7.01. The Balaban J connectivity index is 1.89. The van der Waals surface area contributed by atoms with Crippen LogP contribution in [0, 0.1) is 11.3 Å². The van der Waals surface area contributed by atoms with Crippen molar-refractivity contribution in [3.05, 3.63) is 53.6 Å². The molecule has 0 spiro atoms. The maximum absolute atomic E-state index is 11.9. The number of hydrogen-bond donors (Lipinski definition) is 3. The second kappa shape index (κ2) is 7.65. The third-order valence-electron chi connectivity index (χ3n) is 3.05. The normalized spacial score (nSPS) is 11.7. The van der Waals surface area contributed by atoms with E-state index in [-0.39, 0.29) is 11.5 Å². The molecular formula is C17H15N3O4. The molecule has 7 nitrogen and oxygen atoms in total. The van der Waals surface area contributed by atoms with E-state index in [2.05, 4.69) is 10.5 Å². The summed E-state index contributed by atoms with van der Waals surface area (Å²) in [6, 6.07) is 12.5. The standard InChI is InChI=1S/C17H15N3O4/c1-11(24-14-5-2-12(9-18)3-6-14)17(23)20-19-10-13-4-7-15(21)16(22)8-13/h2-8,10-11,21-22H,1H3,(H,20,23)/b19-10+. The number of hydrazone groups is 1. The number of amides is 1. The molecule has 0 aliphatic rings. The van der Waals surface area contributed by atoms with E-state index in [1.54, 1.807) is 31.2 Å². The number of carbonyl (C=O) groups is 1. The Labute approximate surface area is 138 Å². The first-order valence-corrected chi connectivity index (χ1v) is 7.01. The third-order valence-corrected chi connectivity index (χ3v) is 3.05. The summed E-state index contributed by atoms with van der Waals surface area (Å²) in [4.78, 5) is 11.9. The van der Waals surface area contributed by atoms with Crippen molar-refractivity contribution in [2.75, 3.05) is 0 Å². The molecule has 0 saturated carbocycles. The summed E-state index contributed by atoms with van der Waals surface area (Å²) < 4.78 is 5.44. The minimum absolute atomic E-state index is 0.236. The number of aromatic hydroxyl groups is 2. The lowest BCUT2D eigenvalue weighted by atomic mass is 10.2. The highest BCUT2D eigenvalue weighted by atomic mass is 16.5. The van der Waals surface area contributed by atoms with Gasteiger partial charge in [-0.2, -0.15) is 10.4 Å². The van der Waals surface area contributed by atoms with E-state index in [1.807, 2.05) is 6.07 Å². The molecule has 2 aromatic carbocycles. The minimum Gasteiger partial charge on any atom is -0.504 e. The predicted molar refractivity (Wildman–Crippen MR) is 86.8 cm³/mol. The van der Waals surface area contributed by atoms with Crippen LogP contribution in [0.4, 0.5) is 0 Å². The zero-order chi connectivity index (χ0) is 17.5. The molecule has 7 heteroatoms. The zero-order valence-corrected chi connectivity index (χ0v) is 12.8. The van der Waals surface area contributed by atoms with Gasteiger partial charge in [0.2, 0.25) is 0 Å². The Bertz CT molecular complexity index is 794. The van der Waals surface area contributed by atoms with E-state index in [0.29, 0.717) is 16.9 Å². The van der Waals surface area contributed by atoms with Crippen LogP contribution in [0.1, 0.15) is 18.1 Å². The van der Waals surface area contributed by atoms with Gasteiger partial charge < -0.3 is 14.9 Å². The molecule has 2 rings (SSSR count). The molecule has 1 unspecified atom stereocenters. The van der Waals surface area contributed by atoms with E-state index in [9.17, 15) is 15.0 Å².